The van der Waals surface area contributed by atoms with Crippen LogP contribution in [0.1, 0.15) is 31.4 Å². The summed E-state index contributed by atoms with van der Waals surface area (Å²) in [6.07, 6.45) is 5.39. The van der Waals surface area contributed by atoms with Crippen LogP contribution >= 0.6 is 11.6 Å². The number of pyridine rings is 1. The van der Waals surface area contributed by atoms with Gasteiger partial charge in [0.1, 0.15) is 36.1 Å². The van der Waals surface area contributed by atoms with E-state index in [0.29, 0.717) is 75.4 Å². The molecule has 0 bridgehead atoms. The molecule has 46 heavy (non-hydrogen) atoms. The SMILES string of the molecule is CCN(CC)C/C=C/C(=O)Nc1cc2c(Nc3ccc(OCc4cccc(F)c4)c(Cl)c3)c(C#N)cnc2cc1O[C@H]1CCOC1. The molecular formula is C35H35ClFN5O4. The topological polar surface area (TPSA) is 109 Å². The lowest BCUT2D eigenvalue weighted by Crippen LogP contribution is -2.23. The molecule has 5 rings (SSSR count). The lowest BCUT2D eigenvalue weighted by molar-refractivity contribution is -0.111. The van der Waals surface area contributed by atoms with Gasteiger partial charge in [-0.15, -0.1) is 0 Å². The monoisotopic (exact) mass is 643 g/mol. The summed E-state index contributed by atoms with van der Waals surface area (Å²) in [6.45, 7) is 7.76. The van der Waals surface area contributed by atoms with Gasteiger partial charge < -0.3 is 29.7 Å². The lowest BCUT2D eigenvalue weighted by Gasteiger charge is -2.19. The minimum Gasteiger partial charge on any atom is -0.487 e. The van der Waals surface area contributed by atoms with Crippen LogP contribution in [-0.4, -0.2) is 54.7 Å². The van der Waals surface area contributed by atoms with Crippen molar-refractivity contribution in [3.63, 3.8) is 0 Å². The molecule has 1 saturated heterocycles. The maximum Gasteiger partial charge on any atom is 0.248 e. The van der Waals surface area contributed by atoms with Crippen LogP contribution in [-0.2, 0) is 16.1 Å². The van der Waals surface area contributed by atoms with Gasteiger partial charge in [0.25, 0.3) is 0 Å². The number of nitrogens with one attached hydrogen (secondary N) is 2. The summed E-state index contributed by atoms with van der Waals surface area (Å²) in [5, 5.41) is 17.2. The van der Waals surface area contributed by atoms with E-state index in [-0.39, 0.29) is 24.4 Å². The maximum atomic E-state index is 13.6. The number of carbonyl (C=O) groups excluding carboxylic acids is 1. The minimum atomic E-state index is -0.342. The van der Waals surface area contributed by atoms with E-state index in [4.69, 9.17) is 25.8 Å². The number of rotatable bonds is 13. The second-order valence-electron chi connectivity index (χ2n) is 10.7. The average Bonchev–Trinajstić information content (AvgIpc) is 3.56. The fourth-order valence-electron chi connectivity index (χ4n) is 5.01. The van der Waals surface area contributed by atoms with Gasteiger partial charge in [-0.2, -0.15) is 5.26 Å². The predicted octanol–water partition coefficient (Wildman–Crippen LogP) is 7.23. The van der Waals surface area contributed by atoms with E-state index in [0.717, 1.165) is 19.5 Å². The molecule has 1 fully saturated rings. The van der Waals surface area contributed by atoms with Crippen molar-refractivity contribution in [2.24, 2.45) is 0 Å². The van der Waals surface area contributed by atoms with Crippen LogP contribution < -0.4 is 20.1 Å². The van der Waals surface area contributed by atoms with Gasteiger partial charge >= 0.3 is 0 Å². The summed E-state index contributed by atoms with van der Waals surface area (Å²) < 4.78 is 31.1. The molecule has 0 aliphatic carbocycles. The zero-order chi connectivity index (χ0) is 32.5. The van der Waals surface area contributed by atoms with Gasteiger partial charge in [-0.25, -0.2) is 4.39 Å². The fourth-order valence-corrected chi connectivity index (χ4v) is 5.25. The molecular weight excluding hydrogens is 609 g/mol. The molecule has 0 saturated carbocycles. The summed E-state index contributed by atoms with van der Waals surface area (Å²) in [4.78, 5) is 19.7. The van der Waals surface area contributed by atoms with Crippen LogP contribution in [0.3, 0.4) is 0 Å². The number of hydrogen-bond acceptors (Lipinski definition) is 8. The smallest absolute Gasteiger partial charge is 0.248 e. The molecule has 0 spiro atoms. The van der Waals surface area contributed by atoms with Crippen LogP contribution in [0.15, 0.2) is 72.9 Å². The van der Waals surface area contributed by atoms with Crippen LogP contribution in [0.5, 0.6) is 11.5 Å². The minimum absolute atomic E-state index is 0.147. The Labute approximate surface area is 272 Å². The van der Waals surface area contributed by atoms with Gasteiger partial charge in [-0.3, -0.25) is 9.78 Å². The van der Waals surface area contributed by atoms with E-state index in [9.17, 15) is 14.4 Å². The molecule has 238 valence electrons. The predicted molar refractivity (Wildman–Crippen MR) is 177 cm³/mol. The Morgan fingerprint density at radius 3 is 2.76 bits per heavy atom. The van der Waals surface area contributed by atoms with Crippen molar-refractivity contribution in [3.05, 3.63) is 94.9 Å². The van der Waals surface area contributed by atoms with E-state index in [1.807, 2.05) is 6.08 Å². The Morgan fingerprint density at radius 1 is 1.20 bits per heavy atom. The molecule has 1 atom stereocenters. The molecule has 2 N–H and O–H groups in total. The molecule has 3 aromatic carbocycles. The first-order valence-electron chi connectivity index (χ1n) is 15.1. The third kappa shape index (κ3) is 8.31. The van der Waals surface area contributed by atoms with Crippen molar-refractivity contribution >= 4 is 45.5 Å². The third-order valence-corrected chi connectivity index (χ3v) is 7.84. The Hall–Kier alpha value is -4.69. The number of fused-ring (bicyclic) bond motifs is 1. The van der Waals surface area contributed by atoms with Gasteiger partial charge in [0, 0.05) is 42.4 Å². The van der Waals surface area contributed by atoms with Crippen LogP contribution in [0, 0.1) is 17.1 Å². The Bertz CT molecular complexity index is 1770. The Balaban J connectivity index is 1.43. The van der Waals surface area contributed by atoms with Crippen molar-refractivity contribution < 1.29 is 23.4 Å². The second kappa shape index (κ2) is 15.5. The summed E-state index contributed by atoms with van der Waals surface area (Å²) in [6, 6.07) is 17.0. The fraction of sp³-hybridized carbons (Fsp3) is 0.286. The second-order valence-corrected chi connectivity index (χ2v) is 11.1. The molecule has 9 nitrogen and oxygen atoms in total. The first kappa shape index (κ1) is 32.7. The number of halogens is 2. The molecule has 11 heteroatoms. The Morgan fingerprint density at radius 2 is 2.04 bits per heavy atom. The summed E-state index contributed by atoms with van der Waals surface area (Å²) >= 11 is 6.55. The highest BCUT2D eigenvalue weighted by Crippen LogP contribution is 2.38. The van der Waals surface area contributed by atoms with Crippen molar-refractivity contribution in [2.45, 2.75) is 33.0 Å². The molecule has 1 aliphatic rings. The number of amides is 1. The number of nitriles is 1. The highest BCUT2D eigenvalue weighted by molar-refractivity contribution is 6.32. The van der Waals surface area contributed by atoms with Crippen LogP contribution in [0.4, 0.5) is 21.5 Å². The molecule has 1 aliphatic heterocycles. The molecule has 1 amide bonds. The number of benzene rings is 3. The summed E-state index contributed by atoms with van der Waals surface area (Å²) in [5.41, 5.74) is 3.05. The molecule has 0 unspecified atom stereocenters. The van der Waals surface area contributed by atoms with E-state index in [1.54, 1.807) is 42.5 Å². The number of likely N-dealkylation sites (N-methyl/N-ethyl adjacent to an activating group) is 1. The van der Waals surface area contributed by atoms with Crippen molar-refractivity contribution in [2.75, 3.05) is 43.5 Å². The largest absolute Gasteiger partial charge is 0.487 e. The van der Waals surface area contributed by atoms with Gasteiger partial charge in [0.15, 0.2) is 0 Å². The summed E-state index contributed by atoms with van der Waals surface area (Å²) in [7, 11) is 0. The van der Waals surface area contributed by atoms with Crippen molar-refractivity contribution in [1.82, 2.24) is 9.88 Å². The summed E-state index contributed by atoms with van der Waals surface area (Å²) in [5.74, 6) is 0.233. The molecule has 0 radical (unpaired) electrons. The number of ether oxygens (including phenoxy) is 3. The Kier molecular flexibility index (Phi) is 11.0. The van der Waals surface area contributed by atoms with E-state index in [2.05, 4.69) is 40.4 Å². The lowest BCUT2D eigenvalue weighted by atomic mass is 10.1. The van der Waals surface area contributed by atoms with Gasteiger partial charge in [0.05, 0.1) is 40.7 Å². The maximum absolute atomic E-state index is 13.6. The third-order valence-electron chi connectivity index (χ3n) is 7.54. The molecule has 1 aromatic heterocycles. The zero-order valence-electron chi connectivity index (χ0n) is 25.7. The van der Waals surface area contributed by atoms with Crippen LogP contribution in [0.25, 0.3) is 10.9 Å². The van der Waals surface area contributed by atoms with Gasteiger partial charge in [-0.05, 0) is 55.1 Å². The van der Waals surface area contributed by atoms with Crippen LogP contribution in [0.2, 0.25) is 5.02 Å². The van der Waals surface area contributed by atoms with Gasteiger partial charge in [0.2, 0.25) is 5.91 Å². The number of nitrogens with zero attached hydrogens (tertiary/aromatic N) is 3. The quantitative estimate of drug-likeness (QED) is 0.147. The van der Waals surface area contributed by atoms with Gasteiger partial charge in [-0.1, -0.05) is 43.7 Å². The number of hydrogen-bond donors (Lipinski definition) is 2. The highest BCUT2D eigenvalue weighted by atomic mass is 35.5. The molecule has 4 aromatic rings. The van der Waals surface area contributed by atoms with E-state index >= 15 is 0 Å². The number of aromatic nitrogens is 1. The zero-order valence-corrected chi connectivity index (χ0v) is 26.4. The standard InChI is InChI=1S/C35H35ClFN5O4/c1-3-42(4-2)13-6-9-34(43)41-31-17-28-30(18-33(31)46-27-12-14-44-22-27)39-20-24(19-38)35(28)40-26-10-11-32(29(36)16-26)45-21-23-7-5-8-25(37)15-23/h5-11,15-18,20,27H,3-4,12-14,21-22H2,1-2H3,(H,39,40)(H,41,43)/b9-6+/t27-/m0/s1. The van der Waals surface area contributed by atoms with E-state index < -0.39 is 0 Å². The normalized spacial score (nSPS) is 14.5. The first-order chi connectivity index (χ1) is 22.4. The molecule has 2 heterocycles. The van der Waals surface area contributed by atoms with Crippen molar-refractivity contribution in [3.8, 4) is 17.6 Å². The highest BCUT2D eigenvalue weighted by Gasteiger charge is 2.21. The average molecular weight is 644 g/mol. The van der Waals surface area contributed by atoms with E-state index in [1.165, 1.54) is 24.4 Å². The first-order valence-corrected chi connectivity index (χ1v) is 15.5. The number of carbonyl (C=O) groups is 1. The van der Waals surface area contributed by atoms with Crippen molar-refractivity contribution in [1.29, 1.82) is 5.26 Å². The number of anilines is 3.